The first-order valence-electron chi connectivity index (χ1n) is 6.42. The van der Waals surface area contributed by atoms with Crippen LogP contribution in [-0.2, 0) is 9.59 Å². The molecule has 0 bridgehead atoms. The molecule has 17 heavy (non-hydrogen) atoms. The molecule has 2 N–H and O–H groups in total. The molecule has 0 aromatic heterocycles. The Balaban J connectivity index is 2.31. The lowest BCUT2D eigenvalue weighted by molar-refractivity contribution is -0.141. The van der Waals surface area contributed by atoms with Crippen molar-refractivity contribution in [2.24, 2.45) is 17.8 Å². The molecular weight excluding hydrogens is 218 g/mol. The van der Waals surface area contributed by atoms with E-state index in [1.165, 1.54) is 0 Å². The molecule has 4 nitrogen and oxygen atoms in total. The molecule has 0 aliphatic heterocycles. The van der Waals surface area contributed by atoms with Gasteiger partial charge in [-0.15, -0.1) is 0 Å². The highest BCUT2D eigenvalue weighted by Crippen LogP contribution is 2.26. The maximum absolute atomic E-state index is 11.7. The second-order valence-corrected chi connectivity index (χ2v) is 5.54. The van der Waals surface area contributed by atoms with E-state index in [2.05, 4.69) is 26.1 Å². The number of nitrogens with one attached hydrogen (secondary N) is 1. The Morgan fingerprint density at radius 2 is 1.94 bits per heavy atom. The number of hydrogen-bond donors (Lipinski definition) is 2. The Hall–Kier alpha value is -1.06. The van der Waals surface area contributed by atoms with Gasteiger partial charge in [0.15, 0.2) is 0 Å². The van der Waals surface area contributed by atoms with Crippen molar-refractivity contribution in [3.63, 3.8) is 0 Å². The maximum Gasteiger partial charge on any atom is 0.306 e. The summed E-state index contributed by atoms with van der Waals surface area (Å²) in [7, 11) is 0. The van der Waals surface area contributed by atoms with Crippen molar-refractivity contribution in [3.8, 4) is 0 Å². The Labute approximate surface area is 103 Å². The third kappa shape index (κ3) is 4.36. The van der Waals surface area contributed by atoms with Crippen molar-refractivity contribution in [3.05, 3.63) is 0 Å². The van der Waals surface area contributed by atoms with Gasteiger partial charge in [-0.3, -0.25) is 9.59 Å². The molecule has 0 aromatic rings. The predicted molar refractivity (Wildman–Crippen MR) is 65.5 cm³/mol. The monoisotopic (exact) mass is 241 g/mol. The lowest BCUT2D eigenvalue weighted by Crippen LogP contribution is -2.34. The first-order valence-corrected chi connectivity index (χ1v) is 6.42. The molecule has 1 fully saturated rings. The van der Waals surface area contributed by atoms with Crippen molar-refractivity contribution in [2.45, 2.75) is 52.5 Å². The third-order valence-corrected chi connectivity index (χ3v) is 3.79. The SMILES string of the molecule is CC(C)C(C)CC(=O)N[C@@H]1CC[C@H](C(=O)O)C1. The normalized spacial score (nSPS) is 25.9. The molecule has 1 rings (SSSR count). The minimum atomic E-state index is -0.739. The zero-order valence-electron chi connectivity index (χ0n) is 10.9. The molecule has 1 unspecified atom stereocenters. The van der Waals surface area contributed by atoms with Gasteiger partial charge >= 0.3 is 5.97 Å². The van der Waals surface area contributed by atoms with E-state index in [0.29, 0.717) is 31.1 Å². The van der Waals surface area contributed by atoms with Gasteiger partial charge in [0.25, 0.3) is 0 Å². The van der Waals surface area contributed by atoms with Gasteiger partial charge in [0.1, 0.15) is 0 Å². The second-order valence-electron chi connectivity index (χ2n) is 5.54. The first-order chi connectivity index (χ1) is 7.90. The van der Waals surface area contributed by atoms with E-state index in [9.17, 15) is 9.59 Å². The van der Waals surface area contributed by atoms with E-state index >= 15 is 0 Å². The van der Waals surface area contributed by atoms with Gasteiger partial charge in [-0.25, -0.2) is 0 Å². The quantitative estimate of drug-likeness (QED) is 0.774. The number of carbonyl (C=O) groups excluding carboxylic acids is 1. The molecule has 1 aliphatic carbocycles. The van der Waals surface area contributed by atoms with Crippen molar-refractivity contribution >= 4 is 11.9 Å². The van der Waals surface area contributed by atoms with Gasteiger partial charge in [0.2, 0.25) is 5.91 Å². The molecule has 1 amide bonds. The number of carboxylic acid groups (broad SMARTS) is 1. The van der Waals surface area contributed by atoms with Gasteiger partial charge in [-0.05, 0) is 31.1 Å². The number of aliphatic carboxylic acids is 1. The highest BCUT2D eigenvalue weighted by Gasteiger charge is 2.30. The van der Waals surface area contributed by atoms with Crippen LogP contribution in [0.15, 0.2) is 0 Å². The van der Waals surface area contributed by atoms with Gasteiger partial charge in [-0.2, -0.15) is 0 Å². The van der Waals surface area contributed by atoms with E-state index in [0.717, 1.165) is 6.42 Å². The number of carbonyl (C=O) groups is 2. The molecule has 1 aliphatic rings. The maximum atomic E-state index is 11.7. The van der Waals surface area contributed by atoms with Crippen LogP contribution in [0.2, 0.25) is 0 Å². The molecule has 1 saturated carbocycles. The van der Waals surface area contributed by atoms with Gasteiger partial charge in [0.05, 0.1) is 5.92 Å². The van der Waals surface area contributed by atoms with E-state index < -0.39 is 5.97 Å². The molecular formula is C13H23NO3. The molecule has 4 heteroatoms. The van der Waals surface area contributed by atoms with Crippen LogP contribution in [0.1, 0.15) is 46.5 Å². The molecule has 0 aromatic carbocycles. The van der Waals surface area contributed by atoms with Crippen LogP contribution >= 0.6 is 0 Å². The predicted octanol–water partition coefficient (Wildman–Crippen LogP) is 2.04. The minimum Gasteiger partial charge on any atom is -0.481 e. The van der Waals surface area contributed by atoms with Crippen molar-refractivity contribution < 1.29 is 14.7 Å². The van der Waals surface area contributed by atoms with Crippen LogP contribution in [0.4, 0.5) is 0 Å². The minimum absolute atomic E-state index is 0.0576. The summed E-state index contributed by atoms with van der Waals surface area (Å²) in [5, 5.41) is 11.8. The molecule has 0 heterocycles. The third-order valence-electron chi connectivity index (χ3n) is 3.79. The van der Waals surface area contributed by atoms with Crippen LogP contribution in [0.25, 0.3) is 0 Å². The Kier molecular flexibility index (Phi) is 4.97. The highest BCUT2D eigenvalue weighted by molar-refractivity contribution is 5.77. The van der Waals surface area contributed by atoms with Gasteiger partial charge in [-0.1, -0.05) is 20.8 Å². The molecule has 98 valence electrons. The zero-order chi connectivity index (χ0) is 13.0. The summed E-state index contributed by atoms with van der Waals surface area (Å²) >= 11 is 0. The fourth-order valence-corrected chi connectivity index (χ4v) is 2.15. The summed E-state index contributed by atoms with van der Waals surface area (Å²) in [6.45, 7) is 6.28. The topological polar surface area (TPSA) is 66.4 Å². The van der Waals surface area contributed by atoms with E-state index in [1.807, 2.05) is 0 Å². The standard InChI is InChI=1S/C13H23NO3/c1-8(2)9(3)6-12(15)14-11-5-4-10(7-11)13(16)17/h8-11H,4-7H2,1-3H3,(H,14,15)(H,16,17)/t9?,10-,11+/m0/s1. The van der Waals surface area contributed by atoms with Crippen LogP contribution < -0.4 is 5.32 Å². The van der Waals surface area contributed by atoms with E-state index in [1.54, 1.807) is 0 Å². The summed E-state index contributed by atoms with van der Waals surface area (Å²) in [5.41, 5.74) is 0. The van der Waals surface area contributed by atoms with Crippen LogP contribution in [-0.4, -0.2) is 23.0 Å². The summed E-state index contributed by atoms with van der Waals surface area (Å²) in [4.78, 5) is 22.5. The average molecular weight is 241 g/mol. The van der Waals surface area contributed by atoms with Crippen molar-refractivity contribution in [2.75, 3.05) is 0 Å². The zero-order valence-corrected chi connectivity index (χ0v) is 10.9. The Morgan fingerprint density at radius 1 is 1.29 bits per heavy atom. The van der Waals surface area contributed by atoms with Crippen LogP contribution in [0.5, 0.6) is 0 Å². The number of carboxylic acids is 1. The highest BCUT2D eigenvalue weighted by atomic mass is 16.4. The van der Waals surface area contributed by atoms with E-state index in [-0.39, 0.29) is 17.9 Å². The summed E-state index contributed by atoms with van der Waals surface area (Å²) in [6.07, 6.45) is 2.59. The molecule has 3 atom stereocenters. The number of hydrogen-bond acceptors (Lipinski definition) is 2. The number of amides is 1. The Morgan fingerprint density at radius 3 is 2.41 bits per heavy atom. The lowest BCUT2D eigenvalue weighted by Gasteiger charge is -2.17. The molecule has 0 radical (unpaired) electrons. The summed E-state index contributed by atoms with van der Waals surface area (Å²) < 4.78 is 0. The first kappa shape index (κ1) is 14.0. The smallest absolute Gasteiger partial charge is 0.306 e. The Bertz CT molecular complexity index is 288. The second kappa shape index (κ2) is 6.03. The summed E-state index contributed by atoms with van der Waals surface area (Å²) in [6, 6.07) is 0.0583. The molecule has 0 saturated heterocycles. The fourth-order valence-electron chi connectivity index (χ4n) is 2.15. The lowest BCUT2D eigenvalue weighted by atomic mass is 9.94. The number of rotatable bonds is 5. The van der Waals surface area contributed by atoms with Gasteiger partial charge in [0, 0.05) is 12.5 Å². The summed E-state index contributed by atoms with van der Waals surface area (Å²) in [5.74, 6) is -0.0925. The van der Waals surface area contributed by atoms with Crippen molar-refractivity contribution in [1.82, 2.24) is 5.32 Å². The fraction of sp³-hybridized carbons (Fsp3) is 0.846. The van der Waals surface area contributed by atoms with Crippen molar-refractivity contribution in [1.29, 1.82) is 0 Å². The van der Waals surface area contributed by atoms with E-state index in [4.69, 9.17) is 5.11 Å². The van der Waals surface area contributed by atoms with Crippen LogP contribution in [0.3, 0.4) is 0 Å². The molecule has 0 spiro atoms. The van der Waals surface area contributed by atoms with Gasteiger partial charge < -0.3 is 10.4 Å². The van der Waals surface area contributed by atoms with Crippen LogP contribution in [0, 0.1) is 17.8 Å². The average Bonchev–Trinajstić information content (AvgIpc) is 2.65. The largest absolute Gasteiger partial charge is 0.481 e.